The summed E-state index contributed by atoms with van der Waals surface area (Å²) in [6, 6.07) is 9.52. The summed E-state index contributed by atoms with van der Waals surface area (Å²) in [4.78, 5) is -0.118. The average Bonchev–Trinajstić information content (AvgIpc) is 2.17. The van der Waals surface area contributed by atoms with Gasteiger partial charge in [-0.2, -0.15) is 8.42 Å². The first-order valence-corrected chi connectivity index (χ1v) is 5.69. The van der Waals surface area contributed by atoms with Crippen LogP contribution in [0.15, 0.2) is 41.3 Å². The Morgan fingerprint density at radius 1 is 1.00 bits per heavy atom. The van der Waals surface area contributed by atoms with Crippen molar-refractivity contribution in [2.75, 3.05) is 5.73 Å². The normalized spacial score (nSPS) is 11.1. The van der Waals surface area contributed by atoms with Gasteiger partial charge in [0.05, 0.1) is 0 Å². The van der Waals surface area contributed by atoms with E-state index < -0.39 is 10.1 Å². The predicted octanol–water partition coefficient (Wildman–Crippen LogP) is 1.29. The molecule has 4 nitrogen and oxygen atoms in total. The van der Waals surface area contributed by atoms with Gasteiger partial charge in [0.25, 0.3) is 10.1 Å². The van der Waals surface area contributed by atoms with Gasteiger partial charge in [0.1, 0.15) is 4.90 Å². The van der Waals surface area contributed by atoms with Crippen LogP contribution in [-0.2, 0) is 10.1 Å². The van der Waals surface area contributed by atoms with E-state index in [1.54, 1.807) is 24.3 Å². The first-order valence-electron chi connectivity index (χ1n) is 4.25. The van der Waals surface area contributed by atoms with Gasteiger partial charge in [0, 0.05) is 46.0 Å². The first-order chi connectivity index (χ1) is 7.00. The summed E-state index contributed by atoms with van der Waals surface area (Å²) in [7, 11) is -4.20. The summed E-state index contributed by atoms with van der Waals surface area (Å²) in [5.41, 5.74) is 6.18. The molecule has 79 valence electrons. The fourth-order valence-electron chi connectivity index (χ4n) is 1.52. The number of fused-ring (bicyclic) bond motifs is 1. The van der Waals surface area contributed by atoms with Crippen molar-refractivity contribution in [3.8, 4) is 0 Å². The molecule has 0 bridgehead atoms. The van der Waals surface area contributed by atoms with Gasteiger partial charge in [-0.25, -0.2) is 0 Å². The summed E-state index contributed by atoms with van der Waals surface area (Å²) in [6.07, 6.45) is 0. The number of benzene rings is 2. The molecule has 2 rings (SSSR count). The van der Waals surface area contributed by atoms with Gasteiger partial charge in [0.2, 0.25) is 0 Å². The number of nitrogen functional groups attached to an aromatic ring is 1. The third-order valence-corrected chi connectivity index (χ3v) is 3.11. The maximum atomic E-state index is 11.1. The molecule has 1 radical (unpaired) electrons. The Bertz CT molecular complexity index is 625. The van der Waals surface area contributed by atoms with Gasteiger partial charge in [-0.1, -0.05) is 24.3 Å². The Balaban J connectivity index is 0.00000128. The molecule has 0 spiro atoms. The largest absolute Gasteiger partial charge is 0.398 e. The van der Waals surface area contributed by atoms with E-state index in [0.717, 1.165) is 0 Å². The Hall–Kier alpha value is -0.590. The third kappa shape index (κ3) is 2.39. The molecule has 0 unspecified atom stereocenters. The van der Waals surface area contributed by atoms with E-state index in [1.807, 2.05) is 0 Å². The van der Waals surface area contributed by atoms with Crippen LogP contribution >= 0.6 is 0 Å². The van der Waals surface area contributed by atoms with E-state index in [4.69, 9.17) is 10.3 Å². The monoisotopic (exact) mass is 246 g/mol. The van der Waals surface area contributed by atoms with Crippen LogP contribution in [-0.4, -0.2) is 42.5 Å². The van der Waals surface area contributed by atoms with E-state index in [-0.39, 0.29) is 34.5 Å². The maximum absolute atomic E-state index is 11.1. The summed E-state index contributed by atoms with van der Waals surface area (Å²) in [5, 5.41) is 1.05. The second-order valence-corrected chi connectivity index (χ2v) is 4.56. The van der Waals surface area contributed by atoms with Crippen LogP contribution in [0.5, 0.6) is 0 Å². The SMILES string of the molecule is Nc1ccc(S(=O)(=O)O)c2ccccc12.[Na]. The first kappa shape index (κ1) is 13.5. The molecule has 0 heterocycles. The molecule has 2 aromatic rings. The van der Waals surface area contributed by atoms with Crippen LogP contribution in [0.3, 0.4) is 0 Å². The molecule has 0 fully saturated rings. The van der Waals surface area contributed by atoms with E-state index in [0.29, 0.717) is 16.5 Å². The minimum atomic E-state index is -4.20. The standard InChI is InChI=1S/C10H9NO3S.Na/c11-9-5-6-10(15(12,13)14)8-4-2-1-3-7(8)9;/h1-6H,11H2,(H,12,13,14);. The molecule has 2 aromatic carbocycles. The fraction of sp³-hybridized carbons (Fsp3) is 0. The predicted molar refractivity (Wildman–Crippen MR) is 63.9 cm³/mol. The van der Waals surface area contributed by atoms with Crippen molar-refractivity contribution in [3.05, 3.63) is 36.4 Å². The van der Waals surface area contributed by atoms with Crippen LogP contribution in [0.4, 0.5) is 5.69 Å². The number of hydrogen-bond donors (Lipinski definition) is 2. The molecule has 0 saturated carbocycles. The van der Waals surface area contributed by atoms with E-state index in [2.05, 4.69) is 0 Å². The van der Waals surface area contributed by atoms with Gasteiger partial charge in [-0.15, -0.1) is 0 Å². The summed E-state index contributed by atoms with van der Waals surface area (Å²) >= 11 is 0. The molecular formula is C10H9NNaO3S. The van der Waals surface area contributed by atoms with Crippen molar-refractivity contribution < 1.29 is 13.0 Å². The van der Waals surface area contributed by atoms with Crippen molar-refractivity contribution >= 4 is 56.1 Å². The summed E-state index contributed by atoms with van der Waals surface area (Å²) in [5.74, 6) is 0. The Kier molecular flexibility index (Phi) is 3.98. The summed E-state index contributed by atoms with van der Waals surface area (Å²) < 4.78 is 31.2. The minimum absolute atomic E-state index is 0. The van der Waals surface area contributed by atoms with E-state index in [1.165, 1.54) is 12.1 Å². The maximum Gasteiger partial charge on any atom is 0.295 e. The molecule has 0 amide bonds. The molecule has 0 aliphatic rings. The van der Waals surface area contributed by atoms with Crippen molar-refractivity contribution in [2.45, 2.75) is 4.90 Å². The zero-order chi connectivity index (χ0) is 11.1. The molecule has 0 aromatic heterocycles. The second-order valence-electron chi connectivity index (χ2n) is 3.17. The Morgan fingerprint density at radius 2 is 1.56 bits per heavy atom. The van der Waals surface area contributed by atoms with E-state index >= 15 is 0 Å². The van der Waals surface area contributed by atoms with Crippen LogP contribution in [0.2, 0.25) is 0 Å². The quantitative estimate of drug-likeness (QED) is 0.451. The summed E-state index contributed by atoms with van der Waals surface area (Å²) in [6.45, 7) is 0. The molecule has 0 saturated heterocycles. The van der Waals surface area contributed by atoms with Crippen molar-refractivity contribution in [3.63, 3.8) is 0 Å². The minimum Gasteiger partial charge on any atom is -0.398 e. The van der Waals surface area contributed by atoms with Crippen molar-refractivity contribution in [2.24, 2.45) is 0 Å². The third-order valence-electron chi connectivity index (χ3n) is 2.20. The molecule has 0 aliphatic heterocycles. The molecule has 0 aliphatic carbocycles. The van der Waals surface area contributed by atoms with Gasteiger partial charge >= 0.3 is 0 Å². The van der Waals surface area contributed by atoms with Gasteiger partial charge in [-0.3, -0.25) is 4.55 Å². The van der Waals surface area contributed by atoms with Crippen LogP contribution in [0.1, 0.15) is 0 Å². The number of hydrogen-bond acceptors (Lipinski definition) is 3. The topological polar surface area (TPSA) is 80.4 Å². The fourth-order valence-corrected chi connectivity index (χ4v) is 2.22. The molecule has 6 heteroatoms. The molecule has 0 atom stereocenters. The van der Waals surface area contributed by atoms with Gasteiger partial charge in [0.15, 0.2) is 0 Å². The molecule has 3 N–H and O–H groups in total. The Labute approximate surface area is 115 Å². The van der Waals surface area contributed by atoms with Crippen molar-refractivity contribution in [1.29, 1.82) is 0 Å². The van der Waals surface area contributed by atoms with Crippen LogP contribution in [0, 0.1) is 0 Å². The van der Waals surface area contributed by atoms with Crippen LogP contribution in [0.25, 0.3) is 10.8 Å². The number of rotatable bonds is 1. The molecule has 16 heavy (non-hydrogen) atoms. The van der Waals surface area contributed by atoms with Gasteiger partial charge in [-0.05, 0) is 12.1 Å². The second kappa shape index (κ2) is 4.73. The van der Waals surface area contributed by atoms with Crippen LogP contribution < -0.4 is 5.73 Å². The number of nitrogens with two attached hydrogens (primary N) is 1. The van der Waals surface area contributed by atoms with Gasteiger partial charge < -0.3 is 5.73 Å². The zero-order valence-corrected chi connectivity index (χ0v) is 11.5. The van der Waals surface area contributed by atoms with Crippen molar-refractivity contribution in [1.82, 2.24) is 0 Å². The number of anilines is 1. The smallest absolute Gasteiger partial charge is 0.295 e. The van der Waals surface area contributed by atoms with E-state index in [9.17, 15) is 8.42 Å². The Morgan fingerprint density at radius 3 is 2.12 bits per heavy atom. The average molecular weight is 246 g/mol. The zero-order valence-electron chi connectivity index (χ0n) is 8.71. The molecular weight excluding hydrogens is 237 g/mol.